The summed E-state index contributed by atoms with van der Waals surface area (Å²) in [6.07, 6.45) is 4.57. The van der Waals surface area contributed by atoms with Crippen molar-refractivity contribution in [3.05, 3.63) is 39.9 Å². The molecule has 0 heterocycles. The monoisotopic (exact) mass is 249 g/mol. The quantitative estimate of drug-likeness (QED) is 0.457. The average Bonchev–Trinajstić information content (AvgIpc) is 2.89. The van der Waals surface area contributed by atoms with Crippen LogP contribution < -0.4 is 0 Å². The van der Waals surface area contributed by atoms with E-state index in [0.29, 0.717) is 5.56 Å². The lowest BCUT2D eigenvalue weighted by Gasteiger charge is -2.09. The summed E-state index contributed by atoms with van der Waals surface area (Å²) in [5.74, 6) is -0.128. The molecule has 96 valence electrons. The number of Topliss-reactive ketones (excluding diaryl/α,β-unsaturated/α-hetero) is 1. The summed E-state index contributed by atoms with van der Waals surface area (Å²) < 4.78 is 5.51. The Morgan fingerprint density at radius 3 is 2.44 bits per heavy atom. The predicted molar refractivity (Wildman–Crippen MR) is 65.6 cm³/mol. The van der Waals surface area contributed by atoms with Crippen LogP contribution in [-0.2, 0) is 4.74 Å². The van der Waals surface area contributed by atoms with Gasteiger partial charge in [-0.3, -0.25) is 14.9 Å². The van der Waals surface area contributed by atoms with Gasteiger partial charge in [0, 0.05) is 17.7 Å². The van der Waals surface area contributed by atoms with Gasteiger partial charge in [0.25, 0.3) is 5.69 Å². The summed E-state index contributed by atoms with van der Waals surface area (Å²) in [6.45, 7) is 0.0580. The van der Waals surface area contributed by atoms with Crippen molar-refractivity contribution in [2.24, 2.45) is 0 Å². The van der Waals surface area contributed by atoms with Gasteiger partial charge in [0.15, 0.2) is 5.78 Å². The Balaban J connectivity index is 1.89. The van der Waals surface area contributed by atoms with E-state index in [1.54, 1.807) is 0 Å². The number of ether oxygens (including phenoxy) is 1. The van der Waals surface area contributed by atoms with Crippen molar-refractivity contribution in [2.45, 2.75) is 31.8 Å². The number of nitro benzene ring substituents is 1. The highest BCUT2D eigenvalue weighted by atomic mass is 16.6. The normalized spacial score (nSPS) is 15.8. The number of non-ortho nitro benzene ring substituents is 1. The third kappa shape index (κ3) is 3.13. The van der Waals surface area contributed by atoms with E-state index in [1.165, 1.54) is 24.3 Å². The number of carbonyl (C=O) groups is 1. The molecule has 0 aliphatic heterocycles. The number of nitrogens with zero attached hydrogens (tertiary/aromatic N) is 1. The first-order valence-electron chi connectivity index (χ1n) is 6.06. The molecule has 1 fully saturated rings. The molecular weight excluding hydrogens is 234 g/mol. The molecule has 2 rings (SSSR count). The van der Waals surface area contributed by atoms with E-state index in [4.69, 9.17) is 4.74 Å². The van der Waals surface area contributed by atoms with Gasteiger partial charge in [-0.25, -0.2) is 0 Å². The van der Waals surface area contributed by atoms with Crippen LogP contribution in [0.3, 0.4) is 0 Å². The number of benzene rings is 1. The summed E-state index contributed by atoms with van der Waals surface area (Å²) in [4.78, 5) is 21.8. The number of hydrogen-bond donors (Lipinski definition) is 0. The largest absolute Gasteiger partial charge is 0.370 e. The van der Waals surface area contributed by atoms with E-state index in [-0.39, 0.29) is 24.2 Å². The summed E-state index contributed by atoms with van der Waals surface area (Å²) in [6, 6.07) is 5.61. The van der Waals surface area contributed by atoms with Crippen molar-refractivity contribution in [1.29, 1.82) is 0 Å². The van der Waals surface area contributed by atoms with E-state index in [9.17, 15) is 14.9 Å². The zero-order valence-corrected chi connectivity index (χ0v) is 10.0. The zero-order chi connectivity index (χ0) is 13.0. The van der Waals surface area contributed by atoms with Crippen LogP contribution in [0.2, 0.25) is 0 Å². The van der Waals surface area contributed by atoms with E-state index < -0.39 is 4.92 Å². The van der Waals surface area contributed by atoms with E-state index in [1.807, 2.05) is 0 Å². The number of ketones is 1. The van der Waals surface area contributed by atoms with Crippen molar-refractivity contribution in [3.63, 3.8) is 0 Å². The fourth-order valence-electron chi connectivity index (χ4n) is 2.10. The summed E-state index contributed by atoms with van der Waals surface area (Å²) in [5, 5.41) is 10.5. The maximum atomic E-state index is 11.8. The van der Waals surface area contributed by atoms with Gasteiger partial charge in [0.05, 0.1) is 11.0 Å². The van der Waals surface area contributed by atoms with E-state index in [2.05, 4.69) is 0 Å². The molecule has 0 spiro atoms. The first kappa shape index (κ1) is 12.7. The standard InChI is InChI=1S/C13H15NO4/c15-13(9-18-12-3-1-2-4-12)10-5-7-11(8-6-10)14(16)17/h5-8,12H,1-4,9H2. The third-order valence-corrected chi connectivity index (χ3v) is 3.15. The van der Waals surface area contributed by atoms with Gasteiger partial charge in [0.2, 0.25) is 0 Å². The molecule has 5 heteroatoms. The maximum absolute atomic E-state index is 11.8. The number of rotatable bonds is 5. The van der Waals surface area contributed by atoms with Gasteiger partial charge in [-0.05, 0) is 25.0 Å². The second-order valence-corrected chi connectivity index (χ2v) is 4.44. The van der Waals surface area contributed by atoms with Gasteiger partial charge in [-0.15, -0.1) is 0 Å². The molecular formula is C13H15NO4. The molecule has 0 saturated heterocycles. The van der Waals surface area contributed by atoms with Crippen molar-refractivity contribution >= 4 is 11.5 Å². The van der Waals surface area contributed by atoms with Crippen molar-refractivity contribution < 1.29 is 14.5 Å². The van der Waals surface area contributed by atoms with E-state index >= 15 is 0 Å². The van der Waals surface area contributed by atoms with Crippen molar-refractivity contribution in [3.8, 4) is 0 Å². The average molecular weight is 249 g/mol. The van der Waals surface area contributed by atoms with Crippen LogP contribution in [0.25, 0.3) is 0 Å². The molecule has 0 N–H and O–H groups in total. The third-order valence-electron chi connectivity index (χ3n) is 3.15. The molecule has 0 bridgehead atoms. The summed E-state index contributed by atoms with van der Waals surface area (Å²) >= 11 is 0. The van der Waals surface area contributed by atoms with Crippen molar-refractivity contribution in [1.82, 2.24) is 0 Å². The van der Waals surface area contributed by atoms with Gasteiger partial charge < -0.3 is 4.74 Å². The van der Waals surface area contributed by atoms with Crippen LogP contribution in [0.4, 0.5) is 5.69 Å². The molecule has 1 aliphatic carbocycles. The van der Waals surface area contributed by atoms with Gasteiger partial charge in [0.1, 0.15) is 6.61 Å². The van der Waals surface area contributed by atoms with Crippen LogP contribution in [-0.4, -0.2) is 23.4 Å². The first-order chi connectivity index (χ1) is 8.66. The molecule has 0 unspecified atom stereocenters. The molecule has 0 radical (unpaired) electrons. The topological polar surface area (TPSA) is 69.4 Å². The molecule has 1 aromatic rings. The van der Waals surface area contributed by atoms with Gasteiger partial charge >= 0.3 is 0 Å². The molecule has 1 aliphatic rings. The highest BCUT2D eigenvalue weighted by Gasteiger charge is 2.17. The molecule has 0 aromatic heterocycles. The Labute approximate surface area is 105 Å². The molecule has 0 amide bonds. The second-order valence-electron chi connectivity index (χ2n) is 4.44. The minimum atomic E-state index is -0.483. The second kappa shape index (κ2) is 5.73. The lowest BCUT2D eigenvalue weighted by atomic mass is 10.1. The Hall–Kier alpha value is -1.75. The smallest absolute Gasteiger partial charge is 0.269 e. The number of carbonyl (C=O) groups excluding carboxylic acids is 1. The Bertz CT molecular complexity index is 435. The number of nitro groups is 1. The molecule has 18 heavy (non-hydrogen) atoms. The maximum Gasteiger partial charge on any atom is 0.269 e. The lowest BCUT2D eigenvalue weighted by Crippen LogP contribution is -2.15. The fourth-order valence-corrected chi connectivity index (χ4v) is 2.10. The molecule has 5 nitrogen and oxygen atoms in total. The Kier molecular flexibility index (Phi) is 4.04. The molecule has 1 saturated carbocycles. The predicted octanol–water partition coefficient (Wildman–Crippen LogP) is 2.74. The van der Waals surface area contributed by atoms with Crippen LogP contribution >= 0.6 is 0 Å². The highest BCUT2D eigenvalue weighted by Crippen LogP contribution is 2.21. The number of hydrogen-bond acceptors (Lipinski definition) is 4. The van der Waals surface area contributed by atoms with Crippen molar-refractivity contribution in [2.75, 3.05) is 6.61 Å². The van der Waals surface area contributed by atoms with Gasteiger partial charge in [-0.2, -0.15) is 0 Å². The zero-order valence-electron chi connectivity index (χ0n) is 10.0. The summed E-state index contributed by atoms with van der Waals surface area (Å²) in [7, 11) is 0. The van der Waals surface area contributed by atoms with E-state index in [0.717, 1.165) is 25.7 Å². The Morgan fingerprint density at radius 1 is 1.28 bits per heavy atom. The molecule has 0 atom stereocenters. The minimum Gasteiger partial charge on any atom is -0.370 e. The lowest BCUT2D eigenvalue weighted by molar-refractivity contribution is -0.384. The van der Waals surface area contributed by atoms with Gasteiger partial charge in [-0.1, -0.05) is 12.8 Å². The summed E-state index contributed by atoms with van der Waals surface area (Å²) in [5.41, 5.74) is 0.446. The highest BCUT2D eigenvalue weighted by molar-refractivity contribution is 5.97. The minimum absolute atomic E-state index is 0.0109. The first-order valence-corrected chi connectivity index (χ1v) is 6.06. The fraction of sp³-hybridized carbons (Fsp3) is 0.462. The van der Waals surface area contributed by atoms with Crippen LogP contribution in [0, 0.1) is 10.1 Å². The molecule has 1 aromatic carbocycles. The Morgan fingerprint density at radius 2 is 1.89 bits per heavy atom. The van der Waals surface area contributed by atoms with Crippen LogP contribution in [0.5, 0.6) is 0 Å². The van der Waals surface area contributed by atoms with Crippen LogP contribution in [0.15, 0.2) is 24.3 Å². The SMILES string of the molecule is O=C(COC1CCCC1)c1ccc([N+](=O)[O-])cc1. The van der Waals surface area contributed by atoms with Crippen LogP contribution in [0.1, 0.15) is 36.0 Å².